The topological polar surface area (TPSA) is 247 Å². The lowest BCUT2D eigenvalue weighted by atomic mass is 9.90. The number of nitrogens with zero attached hydrogens (tertiary/aromatic N) is 7. The van der Waals surface area contributed by atoms with Gasteiger partial charge in [0, 0.05) is 93.5 Å². The fourth-order valence-corrected chi connectivity index (χ4v) is 12.2. The number of Topliss-reactive ketones (excluding diaryl/α,β-unsaturated/α-hetero) is 1. The fraction of sp³-hybridized carbons (Fsp3) is 0.662. The first-order chi connectivity index (χ1) is 44.7. The summed E-state index contributed by atoms with van der Waals surface area (Å²) < 4.78 is 82.1. The molecule has 1 unspecified atom stereocenters. The van der Waals surface area contributed by atoms with Gasteiger partial charge in [0.25, 0.3) is 0 Å². The summed E-state index contributed by atoms with van der Waals surface area (Å²) >= 11 is 6.05. The molecule has 2 aliphatic heterocycles. The normalized spacial score (nSPS) is 24.7. The Morgan fingerprint density at radius 1 is 0.615 bits per heavy atom. The second-order valence-electron chi connectivity index (χ2n) is 26.8. The number of aryl methyl sites for hydroxylation is 1. The summed E-state index contributed by atoms with van der Waals surface area (Å²) in [7, 11) is 8.37. The summed E-state index contributed by atoms with van der Waals surface area (Å²) in [6.45, 7) is 13.2. The number of halogens is 7. The number of likely N-dealkylation sites (N-methyl/N-ethyl adjacent to an activating group) is 6. The summed E-state index contributed by atoms with van der Waals surface area (Å²) in [6, 6.07) is -0.704. The van der Waals surface area contributed by atoms with Gasteiger partial charge in [-0.1, -0.05) is 84.7 Å². The number of amides is 10. The molecule has 0 radical (unpaired) electrons. The molecule has 0 bridgehead atoms. The van der Waals surface area contributed by atoms with E-state index in [1.807, 2.05) is 27.7 Å². The van der Waals surface area contributed by atoms with E-state index in [4.69, 9.17) is 11.6 Å². The Morgan fingerprint density at radius 3 is 1.82 bits per heavy atom. The van der Waals surface area contributed by atoms with Gasteiger partial charge in [-0.15, -0.1) is 0 Å². The highest BCUT2D eigenvalue weighted by molar-refractivity contribution is 6.31. The van der Waals surface area contributed by atoms with Crippen LogP contribution in [-0.2, 0) is 77.9 Å². The van der Waals surface area contributed by atoms with Crippen LogP contribution in [0.15, 0.2) is 42.5 Å². The molecule has 536 valence electrons. The van der Waals surface area contributed by atoms with E-state index in [0.717, 1.165) is 51.1 Å². The number of rotatable bonds is 10. The first-order valence-electron chi connectivity index (χ1n) is 32.9. The number of fused-ring (bicyclic) bond motifs is 1. The van der Waals surface area contributed by atoms with Crippen molar-refractivity contribution in [3.63, 3.8) is 0 Å². The van der Waals surface area contributed by atoms with Crippen molar-refractivity contribution in [1.82, 2.24) is 50.2 Å². The van der Waals surface area contributed by atoms with Gasteiger partial charge in [-0.2, -0.15) is 26.3 Å². The van der Waals surface area contributed by atoms with Crippen molar-refractivity contribution in [1.29, 1.82) is 0 Å². The van der Waals surface area contributed by atoms with Crippen molar-refractivity contribution in [3.8, 4) is 0 Å². The third-order valence-corrected chi connectivity index (χ3v) is 18.7. The van der Waals surface area contributed by atoms with Crippen LogP contribution in [-0.4, -0.2) is 210 Å². The minimum atomic E-state index is -4.77. The number of carbonyl (C=O) groups is 11. The fourth-order valence-electron chi connectivity index (χ4n) is 11.9. The Balaban J connectivity index is 1.72. The van der Waals surface area contributed by atoms with Gasteiger partial charge in [0.15, 0.2) is 5.78 Å². The quantitative estimate of drug-likeness (QED) is 0.196. The van der Waals surface area contributed by atoms with Crippen molar-refractivity contribution < 1.29 is 79.1 Å². The van der Waals surface area contributed by atoms with E-state index in [2.05, 4.69) is 16.0 Å². The molecule has 96 heavy (non-hydrogen) atoms. The Bertz CT molecular complexity index is 3060. The Hall–Kier alpha value is -7.32. The van der Waals surface area contributed by atoms with Crippen LogP contribution in [0.1, 0.15) is 155 Å². The highest BCUT2D eigenvalue weighted by Crippen LogP contribution is 2.36. The molecule has 2 saturated heterocycles. The predicted molar refractivity (Wildman–Crippen MR) is 349 cm³/mol. The van der Waals surface area contributed by atoms with Crippen molar-refractivity contribution in [2.75, 3.05) is 68.5 Å². The zero-order valence-corrected chi connectivity index (χ0v) is 58.6. The molecular weight excluding hydrogens is 1280 g/mol. The predicted octanol–water partition coefficient (Wildman–Crippen LogP) is 7.57. The van der Waals surface area contributed by atoms with E-state index < -0.39 is 143 Å². The molecule has 21 nitrogen and oxygen atoms in total. The van der Waals surface area contributed by atoms with E-state index in [0.29, 0.717) is 19.3 Å². The SMILES string of the molecule is CC[C@H](C)[C@@H]1NC(=O)[C@H](CC(C)C)N(C)C(=O)C[C@@H](C)N(C)C(=O)[C@H](C(C)C)N(C)C(=O)CCCCNC(=O)[C@@H]2CCCN2C(=O)[C@H](CCc2ccc(C(F)(F)F)c(Cl)c2)NC(=O)CN(C)C(=O)[C@H](Cc2ccc(C(F)(F)F)cc2)N(C)C(=O)CN(C)C(=O)CC(C)CCC1=O. The Kier molecular flexibility index (Phi) is 30.7. The van der Waals surface area contributed by atoms with Gasteiger partial charge in [-0.3, -0.25) is 52.7 Å². The molecule has 3 N–H and O–H groups in total. The number of nitrogens with one attached hydrogen (secondary N) is 3. The number of alkyl halides is 6. The van der Waals surface area contributed by atoms with Crippen LogP contribution in [0.2, 0.25) is 5.02 Å². The zero-order valence-electron chi connectivity index (χ0n) is 57.9. The van der Waals surface area contributed by atoms with Crippen molar-refractivity contribution in [2.45, 2.75) is 200 Å². The molecule has 2 fully saturated rings. The van der Waals surface area contributed by atoms with Gasteiger partial charge < -0.3 is 50.2 Å². The summed E-state index contributed by atoms with van der Waals surface area (Å²) in [5, 5.41) is 7.78. The van der Waals surface area contributed by atoms with Crippen molar-refractivity contribution >= 4 is 76.5 Å². The number of hydrogen-bond acceptors (Lipinski definition) is 11. The van der Waals surface area contributed by atoms with Crippen LogP contribution in [0.5, 0.6) is 0 Å². The van der Waals surface area contributed by atoms with Crippen molar-refractivity contribution in [2.24, 2.45) is 23.7 Å². The second-order valence-corrected chi connectivity index (χ2v) is 27.2. The lowest BCUT2D eigenvalue weighted by molar-refractivity contribution is -0.148. The Labute approximate surface area is 565 Å². The lowest BCUT2D eigenvalue weighted by Gasteiger charge is -2.36. The molecule has 0 spiro atoms. The highest BCUT2D eigenvalue weighted by atomic mass is 35.5. The van der Waals surface area contributed by atoms with Crippen LogP contribution < -0.4 is 16.0 Å². The number of benzene rings is 2. The summed E-state index contributed by atoms with van der Waals surface area (Å²) in [6.07, 6.45) is -8.52. The maximum Gasteiger partial charge on any atom is 0.417 e. The van der Waals surface area contributed by atoms with Gasteiger partial charge in [0.2, 0.25) is 59.1 Å². The van der Waals surface area contributed by atoms with E-state index in [1.54, 1.807) is 34.7 Å². The molecule has 0 aliphatic carbocycles. The maximum absolute atomic E-state index is 14.7. The molecule has 0 saturated carbocycles. The van der Waals surface area contributed by atoms with Gasteiger partial charge in [0.1, 0.15) is 30.2 Å². The van der Waals surface area contributed by atoms with Gasteiger partial charge in [0.05, 0.1) is 35.3 Å². The monoisotopic (exact) mass is 1380 g/mol. The second kappa shape index (κ2) is 36.3. The third kappa shape index (κ3) is 23.2. The van der Waals surface area contributed by atoms with E-state index in [9.17, 15) is 79.1 Å². The molecule has 9 atom stereocenters. The standard InChI is InChI=1S/C68H99ClF6N10O11/c1-15-43(7)60-54(86)30-21-42(6)34-57(89)79(9)39-59(91)83(13)53(37-46-22-26-47(27-23-46)67(70,71)72)65(95)80(10)38-55(87)77-50(29-25-45-24-28-48(49(69)36-45)68(73,74)75)64(94)85-32-18-19-51(85)62(92)76-31-17-16-20-56(88)84(14)61(41(4)5)66(96)81(11)44(8)35-58(90)82(12)52(33-40(2)3)63(93)78-60/h22-24,26-28,36,40-44,50-53,60-61H,15-21,25,29-35,37-39H2,1-14H3,(H,76,92)(H,77,87)(H,78,93)/t42?,43-,44+,50-,51-,52-,53-,60-,61-/m0/s1. The van der Waals surface area contributed by atoms with Gasteiger partial charge in [-0.25, -0.2) is 0 Å². The van der Waals surface area contributed by atoms with Gasteiger partial charge in [-0.05, 0) is 117 Å². The first-order valence-corrected chi connectivity index (χ1v) is 33.3. The van der Waals surface area contributed by atoms with Crippen LogP contribution in [0.4, 0.5) is 26.3 Å². The molecular formula is C68H99ClF6N10O11. The number of hydrogen-bond donors (Lipinski definition) is 3. The summed E-state index contributed by atoms with van der Waals surface area (Å²) in [5.41, 5.74) is -1.64. The lowest BCUT2D eigenvalue weighted by Crippen LogP contribution is -2.56. The molecule has 28 heteroatoms. The highest BCUT2D eigenvalue weighted by Gasteiger charge is 2.41. The van der Waals surface area contributed by atoms with Crippen LogP contribution in [0.25, 0.3) is 0 Å². The largest absolute Gasteiger partial charge is 0.417 e. The first kappa shape index (κ1) is 81.1. The molecule has 0 aromatic heterocycles. The smallest absolute Gasteiger partial charge is 0.354 e. The molecule has 10 amide bonds. The number of ketones is 1. The van der Waals surface area contributed by atoms with Crippen LogP contribution in [0.3, 0.4) is 0 Å². The average molecular weight is 1380 g/mol. The van der Waals surface area contributed by atoms with Gasteiger partial charge >= 0.3 is 12.4 Å². The summed E-state index contributed by atoms with van der Waals surface area (Å²) in [5.74, 6) is -7.69. The molecule has 2 heterocycles. The third-order valence-electron chi connectivity index (χ3n) is 18.4. The van der Waals surface area contributed by atoms with Crippen LogP contribution >= 0.6 is 11.6 Å². The molecule has 4 rings (SSSR count). The molecule has 2 aromatic carbocycles. The Morgan fingerprint density at radius 2 is 1.24 bits per heavy atom. The van der Waals surface area contributed by atoms with E-state index in [1.165, 1.54) is 60.9 Å². The maximum atomic E-state index is 14.7. The molecule has 2 aliphatic rings. The summed E-state index contributed by atoms with van der Waals surface area (Å²) in [4.78, 5) is 164. The average Bonchev–Trinajstić information content (AvgIpc) is 1.92. The number of carbonyl (C=O) groups excluding carboxylic acids is 11. The van der Waals surface area contributed by atoms with E-state index >= 15 is 0 Å². The van der Waals surface area contributed by atoms with Crippen molar-refractivity contribution in [3.05, 3.63) is 69.7 Å². The minimum absolute atomic E-state index is 0.0130. The van der Waals surface area contributed by atoms with Crippen LogP contribution in [0, 0.1) is 23.7 Å². The minimum Gasteiger partial charge on any atom is -0.354 e. The molecule has 2 aromatic rings. The zero-order chi connectivity index (χ0) is 72.4. The van der Waals surface area contributed by atoms with E-state index in [-0.39, 0.29) is 124 Å².